The third-order valence-electron chi connectivity index (χ3n) is 7.43. The Kier molecular flexibility index (Phi) is 11.4. The summed E-state index contributed by atoms with van der Waals surface area (Å²) in [6.45, 7) is 7.79. The van der Waals surface area contributed by atoms with E-state index in [0.717, 1.165) is 26.6 Å². The van der Waals surface area contributed by atoms with E-state index in [4.69, 9.17) is 11.6 Å². The van der Waals surface area contributed by atoms with E-state index in [2.05, 4.69) is 5.32 Å². The van der Waals surface area contributed by atoms with Crippen molar-refractivity contribution in [1.82, 2.24) is 10.2 Å². The van der Waals surface area contributed by atoms with Gasteiger partial charge in [0, 0.05) is 24.5 Å². The Hall–Kier alpha value is -4.14. The maximum absolute atomic E-state index is 14.5. The molecule has 0 aliphatic rings. The van der Waals surface area contributed by atoms with E-state index in [0.29, 0.717) is 17.3 Å². The van der Waals surface area contributed by atoms with Gasteiger partial charge in [-0.05, 0) is 67.3 Å². The normalized spacial score (nSPS) is 12.0. The predicted octanol–water partition coefficient (Wildman–Crippen LogP) is 6.56. The molecule has 2 amide bonds. The van der Waals surface area contributed by atoms with Crippen LogP contribution in [0.5, 0.6) is 0 Å². The molecule has 0 radical (unpaired) electrons. The molecule has 236 valence electrons. The third kappa shape index (κ3) is 9.19. The number of halogens is 1. The molecule has 0 aliphatic carbocycles. The SMILES string of the molecule is Cc1ccc(N(CC(=O)N(Cc2ccc(Cl)cc2)C(Cc2ccccc2)C(=O)NCC(C)C)S(=O)(=O)c2ccc(C)cc2)cc1. The highest BCUT2D eigenvalue weighted by Crippen LogP contribution is 2.26. The van der Waals surface area contributed by atoms with Crippen LogP contribution in [0.15, 0.2) is 108 Å². The monoisotopic (exact) mass is 645 g/mol. The number of hydrogen-bond donors (Lipinski definition) is 1. The lowest BCUT2D eigenvalue weighted by molar-refractivity contribution is -0.140. The van der Waals surface area contributed by atoms with Gasteiger partial charge in [0.05, 0.1) is 10.6 Å². The number of benzene rings is 4. The van der Waals surface area contributed by atoms with Crippen LogP contribution in [0.4, 0.5) is 5.69 Å². The van der Waals surface area contributed by atoms with Crippen LogP contribution in [0.1, 0.15) is 36.1 Å². The maximum atomic E-state index is 14.5. The van der Waals surface area contributed by atoms with Gasteiger partial charge >= 0.3 is 0 Å². The van der Waals surface area contributed by atoms with Crippen molar-refractivity contribution in [3.8, 4) is 0 Å². The number of nitrogens with one attached hydrogen (secondary N) is 1. The van der Waals surface area contributed by atoms with Crippen LogP contribution in [0.3, 0.4) is 0 Å². The fourth-order valence-corrected chi connectivity index (χ4v) is 6.38. The van der Waals surface area contributed by atoms with Gasteiger partial charge in [0.1, 0.15) is 12.6 Å². The number of carbonyl (C=O) groups is 2. The first-order valence-corrected chi connectivity index (χ1v) is 16.8. The largest absolute Gasteiger partial charge is 0.354 e. The second kappa shape index (κ2) is 15.2. The molecule has 45 heavy (non-hydrogen) atoms. The number of anilines is 1. The molecule has 1 atom stereocenters. The van der Waals surface area contributed by atoms with Crippen molar-refractivity contribution in [3.63, 3.8) is 0 Å². The lowest BCUT2D eigenvalue weighted by atomic mass is 10.0. The Bertz CT molecular complexity index is 1680. The summed E-state index contributed by atoms with van der Waals surface area (Å²) in [6.07, 6.45) is 0.249. The Labute approximate surface area is 271 Å². The number of nitrogens with zero attached hydrogens (tertiary/aromatic N) is 2. The van der Waals surface area contributed by atoms with Crippen molar-refractivity contribution in [3.05, 3.63) is 130 Å². The predicted molar refractivity (Wildman–Crippen MR) is 181 cm³/mol. The molecule has 4 aromatic carbocycles. The van der Waals surface area contributed by atoms with Gasteiger partial charge in [0.2, 0.25) is 11.8 Å². The van der Waals surface area contributed by atoms with Crippen molar-refractivity contribution < 1.29 is 18.0 Å². The van der Waals surface area contributed by atoms with Crippen LogP contribution < -0.4 is 9.62 Å². The summed E-state index contributed by atoms with van der Waals surface area (Å²) in [5.74, 6) is -0.622. The van der Waals surface area contributed by atoms with Crippen LogP contribution in [0, 0.1) is 19.8 Å². The number of sulfonamides is 1. The van der Waals surface area contributed by atoms with Gasteiger partial charge in [0.15, 0.2) is 0 Å². The van der Waals surface area contributed by atoms with E-state index in [1.165, 1.54) is 4.90 Å². The molecule has 0 bridgehead atoms. The Morgan fingerprint density at radius 3 is 1.93 bits per heavy atom. The number of rotatable bonds is 13. The molecule has 0 fully saturated rings. The van der Waals surface area contributed by atoms with E-state index < -0.39 is 28.5 Å². The third-order valence-corrected chi connectivity index (χ3v) is 9.47. The highest BCUT2D eigenvalue weighted by atomic mass is 35.5. The summed E-state index contributed by atoms with van der Waals surface area (Å²) in [5, 5.41) is 3.54. The standard InChI is InChI=1S/C36H40ClN3O4S/c1-26(2)23-38-36(42)34(22-29-8-6-5-7-9-29)39(24-30-14-16-31(37)17-15-30)35(41)25-40(32-18-10-27(3)11-19-32)45(43,44)33-20-12-28(4)13-21-33/h5-21,26,34H,22-25H2,1-4H3,(H,38,42). The average Bonchev–Trinajstić information content (AvgIpc) is 3.02. The topological polar surface area (TPSA) is 86.8 Å². The molecule has 0 saturated carbocycles. The molecular formula is C36H40ClN3O4S. The van der Waals surface area contributed by atoms with Crippen LogP contribution in [-0.2, 0) is 32.6 Å². The molecule has 7 nitrogen and oxygen atoms in total. The van der Waals surface area contributed by atoms with Crippen molar-refractivity contribution >= 4 is 39.1 Å². The van der Waals surface area contributed by atoms with Crippen molar-refractivity contribution in [2.24, 2.45) is 5.92 Å². The first-order chi connectivity index (χ1) is 21.4. The molecule has 0 heterocycles. The summed E-state index contributed by atoms with van der Waals surface area (Å²) in [7, 11) is -4.15. The van der Waals surface area contributed by atoms with Gasteiger partial charge in [-0.25, -0.2) is 8.42 Å². The zero-order valence-corrected chi connectivity index (χ0v) is 27.7. The molecule has 4 aromatic rings. The minimum atomic E-state index is -4.15. The van der Waals surface area contributed by atoms with Crippen LogP contribution in [0.2, 0.25) is 5.02 Å². The highest BCUT2D eigenvalue weighted by Gasteiger charge is 2.34. The van der Waals surface area contributed by atoms with Crippen molar-refractivity contribution in [2.45, 2.75) is 51.6 Å². The fraction of sp³-hybridized carbons (Fsp3) is 0.278. The highest BCUT2D eigenvalue weighted by molar-refractivity contribution is 7.92. The van der Waals surface area contributed by atoms with Crippen LogP contribution >= 0.6 is 11.6 Å². The Balaban J connectivity index is 1.79. The molecule has 0 aliphatic heterocycles. The summed E-state index contributed by atoms with van der Waals surface area (Å²) in [4.78, 5) is 29.9. The van der Waals surface area contributed by atoms with E-state index in [1.807, 2.05) is 58.0 Å². The van der Waals surface area contributed by atoms with Gasteiger partial charge in [-0.3, -0.25) is 13.9 Å². The average molecular weight is 646 g/mol. The Morgan fingerprint density at radius 1 is 0.778 bits per heavy atom. The van der Waals surface area contributed by atoms with Gasteiger partial charge in [-0.2, -0.15) is 0 Å². The lowest BCUT2D eigenvalue weighted by Gasteiger charge is -2.34. The Morgan fingerprint density at radius 2 is 1.36 bits per heavy atom. The number of amides is 2. The van der Waals surface area contributed by atoms with Crippen LogP contribution in [-0.4, -0.2) is 44.3 Å². The van der Waals surface area contributed by atoms with E-state index in [-0.39, 0.29) is 29.7 Å². The number of hydrogen-bond acceptors (Lipinski definition) is 4. The number of carbonyl (C=O) groups excluding carboxylic acids is 2. The minimum absolute atomic E-state index is 0.0706. The summed E-state index contributed by atoms with van der Waals surface area (Å²) in [5.41, 5.74) is 3.85. The molecule has 0 aromatic heterocycles. The quantitative estimate of drug-likeness (QED) is 0.178. The van der Waals surface area contributed by atoms with Crippen LogP contribution in [0.25, 0.3) is 0 Å². The first kappa shape index (κ1) is 33.7. The van der Waals surface area contributed by atoms with Crippen molar-refractivity contribution in [2.75, 3.05) is 17.4 Å². The molecule has 1 unspecified atom stereocenters. The summed E-state index contributed by atoms with van der Waals surface area (Å²) < 4.78 is 29.4. The second-order valence-corrected chi connectivity index (χ2v) is 14.0. The summed E-state index contributed by atoms with van der Waals surface area (Å²) in [6, 6.07) is 29.2. The second-order valence-electron chi connectivity index (χ2n) is 11.7. The first-order valence-electron chi connectivity index (χ1n) is 15.0. The molecule has 1 N–H and O–H groups in total. The van der Waals surface area contributed by atoms with E-state index >= 15 is 0 Å². The maximum Gasteiger partial charge on any atom is 0.264 e. The van der Waals surface area contributed by atoms with Gasteiger partial charge in [0.25, 0.3) is 10.0 Å². The number of aryl methyl sites for hydroxylation is 2. The zero-order chi connectivity index (χ0) is 32.6. The molecule has 0 spiro atoms. The van der Waals surface area contributed by atoms with E-state index in [1.54, 1.807) is 72.8 Å². The molecular weight excluding hydrogens is 606 g/mol. The fourth-order valence-electron chi connectivity index (χ4n) is 4.84. The van der Waals surface area contributed by atoms with E-state index in [9.17, 15) is 18.0 Å². The minimum Gasteiger partial charge on any atom is -0.354 e. The zero-order valence-electron chi connectivity index (χ0n) is 26.1. The van der Waals surface area contributed by atoms with Gasteiger partial charge < -0.3 is 10.2 Å². The molecule has 9 heteroatoms. The van der Waals surface area contributed by atoms with Crippen molar-refractivity contribution in [1.29, 1.82) is 0 Å². The molecule has 0 saturated heterocycles. The van der Waals surface area contributed by atoms with Gasteiger partial charge in [-0.15, -0.1) is 0 Å². The summed E-state index contributed by atoms with van der Waals surface area (Å²) >= 11 is 6.15. The molecule has 4 rings (SSSR count). The van der Waals surface area contributed by atoms with Gasteiger partial charge in [-0.1, -0.05) is 103 Å². The lowest BCUT2D eigenvalue weighted by Crippen LogP contribution is -2.53. The smallest absolute Gasteiger partial charge is 0.264 e.